The molecule has 0 saturated carbocycles. The molecule has 2 aromatic rings. The van der Waals surface area contributed by atoms with Gasteiger partial charge in [-0.1, -0.05) is 42.5 Å². The van der Waals surface area contributed by atoms with Crippen LogP contribution in [0.15, 0.2) is 54.6 Å². The summed E-state index contributed by atoms with van der Waals surface area (Å²) in [5.41, 5.74) is 7.41. The number of carbonyl (C=O) groups excluding carboxylic acids is 1. The molecule has 0 bridgehead atoms. The van der Waals surface area contributed by atoms with E-state index in [1.807, 2.05) is 54.6 Å². The molecule has 2 aromatic carbocycles. The van der Waals surface area contributed by atoms with E-state index in [0.717, 1.165) is 16.9 Å². The third-order valence-corrected chi connectivity index (χ3v) is 3.98. The maximum atomic E-state index is 11.8. The van der Waals surface area contributed by atoms with Gasteiger partial charge in [0.05, 0.1) is 12.5 Å². The monoisotopic (exact) mass is 349 g/mol. The van der Waals surface area contributed by atoms with Crippen LogP contribution in [0.1, 0.15) is 31.0 Å². The van der Waals surface area contributed by atoms with Crippen molar-refractivity contribution in [3.05, 3.63) is 65.7 Å². The number of hydrogen-bond acceptors (Lipinski definition) is 4. The van der Waals surface area contributed by atoms with E-state index in [0.29, 0.717) is 6.61 Å². The van der Waals surface area contributed by atoms with Crippen LogP contribution in [0, 0.1) is 5.41 Å². The zero-order valence-electron chi connectivity index (χ0n) is 14.2. The van der Waals surface area contributed by atoms with Crippen molar-refractivity contribution < 1.29 is 14.3 Å². The number of esters is 1. The molecule has 0 aliphatic heterocycles. The molecule has 0 amide bonds. The van der Waals surface area contributed by atoms with Gasteiger partial charge in [-0.05, 0) is 37.1 Å². The van der Waals surface area contributed by atoms with Gasteiger partial charge < -0.3 is 15.2 Å². The van der Waals surface area contributed by atoms with Crippen molar-refractivity contribution in [2.24, 2.45) is 11.1 Å². The van der Waals surface area contributed by atoms with E-state index < -0.39 is 11.5 Å². The lowest BCUT2D eigenvalue weighted by Crippen LogP contribution is -2.37. The quantitative estimate of drug-likeness (QED) is 0.804. The van der Waals surface area contributed by atoms with Crippen LogP contribution >= 0.6 is 12.4 Å². The van der Waals surface area contributed by atoms with Gasteiger partial charge in [0.2, 0.25) is 0 Å². The van der Waals surface area contributed by atoms with Gasteiger partial charge in [0.25, 0.3) is 0 Å². The minimum absolute atomic E-state index is 0. The summed E-state index contributed by atoms with van der Waals surface area (Å²) < 4.78 is 10.6. The number of methoxy groups -OCH3 is 1. The molecule has 0 aromatic heterocycles. The number of halogens is 1. The zero-order valence-corrected chi connectivity index (χ0v) is 15.0. The maximum Gasteiger partial charge on any atom is 0.313 e. The van der Waals surface area contributed by atoms with Gasteiger partial charge in [0.1, 0.15) is 12.4 Å². The minimum atomic E-state index is -0.791. The number of rotatable bonds is 6. The zero-order chi connectivity index (χ0) is 16.9. The Morgan fingerprint density at radius 1 is 1.08 bits per heavy atom. The molecule has 0 heterocycles. The highest BCUT2D eigenvalue weighted by Gasteiger charge is 2.36. The molecule has 0 fully saturated rings. The standard InChI is InChI=1S/C19H23NO3.ClH/c1-19(2,18(21)22-3)17(20)15-9-11-16(12-10-15)23-13-14-7-5-4-6-8-14;/h4-12,17H,13,20H2,1-3H3;1H/t17-;/m0./s1. The maximum absolute atomic E-state index is 11.8. The van der Waals surface area contributed by atoms with Crippen LogP contribution in [0.2, 0.25) is 0 Å². The second kappa shape index (κ2) is 8.71. The Labute approximate surface area is 149 Å². The fourth-order valence-corrected chi connectivity index (χ4v) is 2.32. The second-order valence-electron chi connectivity index (χ2n) is 6.03. The van der Waals surface area contributed by atoms with Crippen molar-refractivity contribution in [2.75, 3.05) is 7.11 Å². The van der Waals surface area contributed by atoms with Gasteiger partial charge >= 0.3 is 5.97 Å². The Morgan fingerprint density at radius 2 is 1.67 bits per heavy atom. The molecule has 4 nitrogen and oxygen atoms in total. The normalized spacial score (nSPS) is 12.0. The average Bonchev–Trinajstić information content (AvgIpc) is 2.59. The van der Waals surface area contributed by atoms with Gasteiger partial charge in [0, 0.05) is 6.04 Å². The number of benzene rings is 2. The van der Waals surface area contributed by atoms with E-state index in [1.54, 1.807) is 13.8 Å². The number of nitrogens with two attached hydrogens (primary N) is 1. The van der Waals surface area contributed by atoms with Crippen LogP contribution in [-0.2, 0) is 16.1 Å². The summed E-state index contributed by atoms with van der Waals surface area (Å²) in [7, 11) is 1.37. The summed E-state index contributed by atoms with van der Waals surface area (Å²) in [5, 5.41) is 0. The Morgan fingerprint density at radius 3 is 2.21 bits per heavy atom. The lowest BCUT2D eigenvalue weighted by molar-refractivity contribution is -0.152. The van der Waals surface area contributed by atoms with E-state index >= 15 is 0 Å². The summed E-state index contributed by atoms with van der Waals surface area (Å²) in [5.74, 6) is 0.440. The molecule has 130 valence electrons. The van der Waals surface area contributed by atoms with E-state index in [1.165, 1.54) is 7.11 Å². The average molecular weight is 350 g/mol. The van der Waals surface area contributed by atoms with E-state index in [-0.39, 0.29) is 18.4 Å². The fourth-order valence-electron chi connectivity index (χ4n) is 2.32. The van der Waals surface area contributed by atoms with Crippen LogP contribution in [0.25, 0.3) is 0 Å². The van der Waals surface area contributed by atoms with Crippen LogP contribution in [0.4, 0.5) is 0 Å². The van der Waals surface area contributed by atoms with Crippen molar-refractivity contribution in [1.82, 2.24) is 0 Å². The second-order valence-corrected chi connectivity index (χ2v) is 6.03. The lowest BCUT2D eigenvalue weighted by Gasteiger charge is -2.29. The topological polar surface area (TPSA) is 61.5 Å². The summed E-state index contributed by atoms with van der Waals surface area (Å²) >= 11 is 0. The molecule has 1 atom stereocenters. The third kappa shape index (κ3) is 4.73. The summed E-state index contributed by atoms with van der Waals surface area (Å²) in [6.45, 7) is 4.08. The molecule has 0 saturated heterocycles. The first kappa shape index (κ1) is 20.0. The molecule has 0 aliphatic rings. The third-order valence-electron chi connectivity index (χ3n) is 3.98. The highest BCUT2D eigenvalue weighted by atomic mass is 35.5. The van der Waals surface area contributed by atoms with Crippen LogP contribution in [0.5, 0.6) is 5.75 Å². The predicted octanol–water partition coefficient (Wildman–Crippen LogP) is 3.89. The van der Waals surface area contributed by atoms with Gasteiger partial charge in [0.15, 0.2) is 0 Å². The number of carbonyl (C=O) groups is 1. The number of ether oxygens (including phenoxy) is 2. The predicted molar refractivity (Wildman–Crippen MR) is 97.2 cm³/mol. The Balaban J connectivity index is 0.00000288. The number of hydrogen-bond donors (Lipinski definition) is 1. The van der Waals surface area contributed by atoms with Gasteiger partial charge in [-0.15, -0.1) is 12.4 Å². The Hall–Kier alpha value is -2.04. The van der Waals surface area contributed by atoms with Gasteiger partial charge in [-0.2, -0.15) is 0 Å². The van der Waals surface area contributed by atoms with Crippen molar-refractivity contribution in [1.29, 1.82) is 0 Å². The van der Waals surface area contributed by atoms with E-state index in [2.05, 4.69) is 0 Å². The molecule has 0 aliphatic carbocycles. The Bertz CT molecular complexity index is 641. The summed E-state index contributed by atoms with van der Waals surface area (Å²) in [6, 6.07) is 17.0. The molecule has 0 radical (unpaired) electrons. The van der Waals surface area contributed by atoms with Crippen molar-refractivity contribution in [3.63, 3.8) is 0 Å². The van der Waals surface area contributed by atoms with Crippen LogP contribution in [0.3, 0.4) is 0 Å². The molecule has 2 N–H and O–H groups in total. The SMILES string of the molecule is COC(=O)C(C)(C)[C@@H](N)c1ccc(OCc2ccccc2)cc1.Cl. The smallest absolute Gasteiger partial charge is 0.313 e. The largest absolute Gasteiger partial charge is 0.489 e. The first-order valence-electron chi connectivity index (χ1n) is 7.56. The first-order valence-corrected chi connectivity index (χ1v) is 7.56. The van der Waals surface area contributed by atoms with Crippen molar-refractivity contribution in [3.8, 4) is 5.75 Å². The minimum Gasteiger partial charge on any atom is -0.489 e. The molecular formula is C19H24ClNO3. The molecular weight excluding hydrogens is 326 g/mol. The summed E-state index contributed by atoms with van der Waals surface area (Å²) in [4.78, 5) is 11.8. The van der Waals surface area contributed by atoms with Crippen LogP contribution in [-0.4, -0.2) is 13.1 Å². The highest BCUT2D eigenvalue weighted by Crippen LogP contribution is 2.33. The van der Waals surface area contributed by atoms with Gasteiger partial charge in [-0.25, -0.2) is 0 Å². The highest BCUT2D eigenvalue weighted by molar-refractivity contribution is 5.85. The Kier molecular flexibility index (Phi) is 7.26. The fraction of sp³-hybridized carbons (Fsp3) is 0.316. The van der Waals surface area contributed by atoms with Crippen molar-refractivity contribution in [2.45, 2.75) is 26.5 Å². The van der Waals surface area contributed by atoms with Crippen molar-refractivity contribution >= 4 is 18.4 Å². The molecule has 0 unspecified atom stereocenters. The molecule has 24 heavy (non-hydrogen) atoms. The van der Waals surface area contributed by atoms with E-state index in [4.69, 9.17) is 15.2 Å². The van der Waals surface area contributed by atoms with Crippen LogP contribution < -0.4 is 10.5 Å². The lowest BCUT2D eigenvalue weighted by atomic mass is 9.81. The van der Waals surface area contributed by atoms with E-state index in [9.17, 15) is 4.79 Å². The first-order chi connectivity index (χ1) is 10.9. The summed E-state index contributed by atoms with van der Waals surface area (Å²) in [6.07, 6.45) is 0. The molecule has 5 heteroatoms. The van der Waals surface area contributed by atoms with Gasteiger partial charge in [-0.3, -0.25) is 4.79 Å². The molecule has 0 spiro atoms. The molecule has 2 rings (SSSR count).